The van der Waals surface area contributed by atoms with Crippen molar-refractivity contribution in [2.24, 2.45) is 17.8 Å². The molecule has 2 heterocycles. The molecule has 3 rings (SSSR count). The number of nitrogens with zero attached hydrogens (tertiary/aromatic N) is 2. The van der Waals surface area contributed by atoms with Crippen molar-refractivity contribution in [1.29, 1.82) is 0 Å². The molecule has 2 atom stereocenters. The highest BCUT2D eigenvalue weighted by Crippen LogP contribution is 2.39. The van der Waals surface area contributed by atoms with Crippen LogP contribution in [0.1, 0.15) is 39.0 Å². The SMILES string of the molecule is CCNCC1CCN(S(=O)(=O)N2CC3CCCC3C2)CC1. The third-order valence-corrected chi connectivity index (χ3v) is 7.57. The normalized spacial score (nSPS) is 32.6. The van der Waals surface area contributed by atoms with E-state index < -0.39 is 10.2 Å². The van der Waals surface area contributed by atoms with Crippen molar-refractivity contribution < 1.29 is 8.42 Å². The van der Waals surface area contributed by atoms with Gasteiger partial charge in [-0.1, -0.05) is 13.3 Å². The number of piperidine rings is 1. The molecule has 1 saturated carbocycles. The van der Waals surface area contributed by atoms with Crippen LogP contribution in [0.3, 0.4) is 0 Å². The van der Waals surface area contributed by atoms with E-state index in [1.54, 1.807) is 8.61 Å². The summed E-state index contributed by atoms with van der Waals surface area (Å²) >= 11 is 0. The Balaban J connectivity index is 1.54. The summed E-state index contributed by atoms with van der Waals surface area (Å²) in [6.45, 7) is 7.07. The van der Waals surface area contributed by atoms with Gasteiger partial charge in [-0.15, -0.1) is 0 Å². The van der Waals surface area contributed by atoms with Crippen molar-refractivity contribution >= 4 is 10.2 Å². The third kappa shape index (κ3) is 3.28. The van der Waals surface area contributed by atoms with E-state index in [1.807, 2.05) is 0 Å². The van der Waals surface area contributed by atoms with Crippen LogP contribution in [0.2, 0.25) is 0 Å². The van der Waals surface area contributed by atoms with Crippen LogP contribution in [0.4, 0.5) is 0 Å². The molecule has 21 heavy (non-hydrogen) atoms. The van der Waals surface area contributed by atoms with Gasteiger partial charge in [0.15, 0.2) is 0 Å². The maximum absolute atomic E-state index is 12.8. The quantitative estimate of drug-likeness (QED) is 0.831. The van der Waals surface area contributed by atoms with Gasteiger partial charge in [-0.25, -0.2) is 0 Å². The van der Waals surface area contributed by atoms with Gasteiger partial charge < -0.3 is 5.32 Å². The maximum Gasteiger partial charge on any atom is 0.281 e. The molecule has 1 aliphatic carbocycles. The fourth-order valence-electron chi connectivity index (χ4n) is 4.24. The highest BCUT2D eigenvalue weighted by Gasteiger charge is 2.43. The van der Waals surface area contributed by atoms with E-state index in [9.17, 15) is 8.42 Å². The molecule has 6 heteroatoms. The van der Waals surface area contributed by atoms with Crippen LogP contribution >= 0.6 is 0 Å². The number of fused-ring (bicyclic) bond motifs is 1. The fourth-order valence-corrected chi connectivity index (χ4v) is 5.99. The first-order valence-corrected chi connectivity index (χ1v) is 9.97. The van der Waals surface area contributed by atoms with Crippen molar-refractivity contribution in [3.05, 3.63) is 0 Å². The largest absolute Gasteiger partial charge is 0.317 e. The molecule has 122 valence electrons. The summed E-state index contributed by atoms with van der Waals surface area (Å²) in [5.41, 5.74) is 0. The smallest absolute Gasteiger partial charge is 0.281 e. The summed E-state index contributed by atoms with van der Waals surface area (Å²) in [6, 6.07) is 0. The van der Waals surface area contributed by atoms with Crippen LogP contribution in [-0.4, -0.2) is 56.3 Å². The highest BCUT2D eigenvalue weighted by molar-refractivity contribution is 7.86. The van der Waals surface area contributed by atoms with E-state index in [2.05, 4.69) is 12.2 Å². The van der Waals surface area contributed by atoms with Gasteiger partial charge in [-0.05, 0) is 56.5 Å². The molecule has 2 unspecified atom stereocenters. The van der Waals surface area contributed by atoms with Crippen molar-refractivity contribution in [2.75, 3.05) is 39.3 Å². The molecule has 2 saturated heterocycles. The minimum atomic E-state index is -3.20. The van der Waals surface area contributed by atoms with E-state index >= 15 is 0 Å². The fraction of sp³-hybridized carbons (Fsp3) is 1.00. The van der Waals surface area contributed by atoms with Gasteiger partial charge in [0.2, 0.25) is 0 Å². The molecule has 0 aromatic rings. The van der Waals surface area contributed by atoms with E-state index in [-0.39, 0.29) is 0 Å². The minimum Gasteiger partial charge on any atom is -0.317 e. The molecule has 1 N–H and O–H groups in total. The second-order valence-electron chi connectivity index (χ2n) is 6.93. The molecule has 3 aliphatic rings. The summed E-state index contributed by atoms with van der Waals surface area (Å²) in [4.78, 5) is 0. The average Bonchev–Trinajstić information content (AvgIpc) is 3.07. The molecule has 3 fully saturated rings. The third-order valence-electron chi connectivity index (χ3n) is 5.60. The predicted octanol–water partition coefficient (Wildman–Crippen LogP) is 1.28. The summed E-state index contributed by atoms with van der Waals surface area (Å²) in [7, 11) is -3.20. The van der Waals surface area contributed by atoms with Crippen LogP contribution in [0, 0.1) is 17.8 Å². The Morgan fingerprint density at radius 3 is 2.19 bits per heavy atom. The number of hydrogen-bond donors (Lipinski definition) is 1. The maximum atomic E-state index is 12.8. The Morgan fingerprint density at radius 1 is 1.00 bits per heavy atom. The van der Waals surface area contributed by atoms with Gasteiger partial charge in [0.25, 0.3) is 10.2 Å². The number of rotatable bonds is 5. The van der Waals surface area contributed by atoms with Gasteiger partial charge in [0, 0.05) is 26.2 Å². The van der Waals surface area contributed by atoms with Crippen LogP contribution in [0.25, 0.3) is 0 Å². The summed E-state index contributed by atoms with van der Waals surface area (Å²) in [5, 5.41) is 3.38. The van der Waals surface area contributed by atoms with Gasteiger partial charge in [-0.3, -0.25) is 0 Å². The van der Waals surface area contributed by atoms with Crippen LogP contribution in [-0.2, 0) is 10.2 Å². The van der Waals surface area contributed by atoms with Crippen molar-refractivity contribution in [1.82, 2.24) is 13.9 Å². The first-order chi connectivity index (χ1) is 10.1. The Bertz CT molecular complexity index is 434. The second kappa shape index (κ2) is 6.52. The van der Waals surface area contributed by atoms with Crippen LogP contribution in [0.15, 0.2) is 0 Å². The van der Waals surface area contributed by atoms with E-state index in [0.717, 1.165) is 39.0 Å². The van der Waals surface area contributed by atoms with E-state index in [4.69, 9.17) is 0 Å². The lowest BCUT2D eigenvalue weighted by atomic mass is 9.98. The zero-order chi connectivity index (χ0) is 14.9. The monoisotopic (exact) mass is 315 g/mol. The molecule has 2 aliphatic heterocycles. The predicted molar refractivity (Wildman–Crippen MR) is 84.2 cm³/mol. The standard InChI is InChI=1S/C15H29N3O2S/c1-2-16-10-13-6-8-17(9-7-13)21(19,20)18-11-14-4-3-5-15(14)12-18/h13-16H,2-12H2,1H3. The first-order valence-electron chi connectivity index (χ1n) is 8.57. The average molecular weight is 315 g/mol. The topological polar surface area (TPSA) is 52.7 Å². The summed E-state index contributed by atoms with van der Waals surface area (Å²) in [6.07, 6.45) is 5.72. The van der Waals surface area contributed by atoms with Crippen LogP contribution < -0.4 is 5.32 Å². The Morgan fingerprint density at radius 2 is 1.62 bits per heavy atom. The van der Waals surface area contributed by atoms with Crippen molar-refractivity contribution in [2.45, 2.75) is 39.0 Å². The zero-order valence-electron chi connectivity index (χ0n) is 13.1. The molecule has 0 aromatic heterocycles. The van der Waals surface area contributed by atoms with Gasteiger partial charge in [0.1, 0.15) is 0 Å². The number of nitrogens with one attached hydrogen (secondary N) is 1. The first kappa shape index (κ1) is 15.7. The van der Waals surface area contributed by atoms with Gasteiger partial charge in [0.05, 0.1) is 0 Å². The Kier molecular flexibility index (Phi) is 4.88. The number of hydrogen-bond acceptors (Lipinski definition) is 3. The molecule has 0 bridgehead atoms. The molecular formula is C15H29N3O2S. The molecule has 0 radical (unpaired) electrons. The Hall–Kier alpha value is -0.170. The molecule has 0 spiro atoms. The van der Waals surface area contributed by atoms with Gasteiger partial charge >= 0.3 is 0 Å². The van der Waals surface area contributed by atoms with Crippen molar-refractivity contribution in [3.8, 4) is 0 Å². The minimum absolute atomic E-state index is 0.631. The summed E-state index contributed by atoms with van der Waals surface area (Å²) in [5.74, 6) is 1.89. The second-order valence-corrected chi connectivity index (χ2v) is 8.85. The lowest BCUT2D eigenvalue weighted by molar-refractivity contribution is 0.253. The summed E-state index contributed by atoms with van der Waals surface area (Å²) < 4.78 is 29.1. The Labute approximate surface area is 129 Å². The van der Waals surface area contributed by atoms with Crippen molar-refractivity contribution in [3.63, 3.8) is 0 Å². The molecular weight excluding hydrogens is 286 g/mol. The van der Waals surface area contributed by atoms with Crippen LogP contribution in [0.5, 0.6) is 0 Å². The molecule has 0 aromatic carbocycles. The van der Waals surface area contributed by atoms with Gasteiger partial charge in [-0.2, -0.15) is 17.0 Å². The lowest BCUT2D eigenvalue weighted by Crippen LogP contribution is -2.47. The molecule has 0 amide bonds. The van der Waals surface area contributed by atoms with E-state index in [1.165, 1.54) is 19.3 Å². The highest BCUT2D eigenvalue weighted by atomic mass is 32.2. The lowest BCUT2D eigenvalue weighted by Gasteiger charge is -2.34. The molecule has 5 nitrogen and oxygen atoms in total. The van der Waals surface area contributed by atoms with E-state index in [0.29, 0.717) is 30.8 Å². The zero-order valence-corrected chi connectivity index (χ0v) is 13.9.